The lowest BCUT2D eigenvalue weighted by atomic mass is 9.85. The van der Waals surface area contributed by atoms with Crippen LogP contribution in [0.5, 0.6) is 0 Å². The van der Waals surface area contributed by atoms with Crippen molar-refractivity contribution in [2.75, 3.05) is 6.54 Å². The van der Waals surface area contributed by atoms with Crippen LogP contribution in [0.25, 0.3) is 0 Å². The van der Waals surface area contributed by atoms with Gasteiger partial charge in [-0.1, -0.05) is 58.4 Å². The van der Waals surface area contributed by atoms with E-state index in [1.165, 1.54) is 30.4 Å². The zero-order valence-electron chi connectivity index (χ0n) is 12.3. The minimum atomic E-state index is 0.259. The molecule has 0 radical (unpaired) electrons. The molecule has 1 aliphatic carbocycles. The highest BCUT2D eigenvalue weighted by atomic mass is 14.9. The lowest BCUT2D eigenvalue weighted by Crippen LogP contribution is -2.30. The summed E-state index contributed by atoms with van der Waals surface area (Å²) in [5.41, 5.74) is 3.21. The Morgan fingerprint density at radius 3 is 2.33 bits per heavy atom. The van der Waals surface area contributed by atoms with Crippen LogP contribution in [-0.4, -0.2) is 12.6 Å². The van der Waals surface area contributed by atoms with E-state index in [1.54, 1.807) is 0 Å². The maximum atomic E-state index is 3.64. The highest BCUT2D eigenvalue weighted by Crippen LogP contribution is 2.35. The average molecular weight is 245 g/mol. The van der Waals surface area contributed by atoms with Gasteiger partial charge >= 0.3 is 0 Å². The van der Waals surface area contributed by atoms with Gasteiger partial charge in [0.15, 0.2) is 0 Å². The summed E-state index contributed by atoms with van der Waals surface area (Å²) >= 11 is 0. The van der Waals surface area contributed by atoms with Crippen molar-refractivity contribution >= 4 is 0 Å². The Morgan fingerprint density at radius 1 is 1.11 bits per heavy atom. The second-order valence-corrected chi connectivity index (χ2v) is 6.57. The molecule has 0 aliphatic heterocycles. The Balaban J connectivity index is 2.14. The van der Waals surface area contributed by atoms with Crippen LogP contribution in [0.3, 0.4) is 0 Å². The molecule has 2 rings (SSSR count). The number of nitrogens with one attached hydrogen (secondary N) is 1. The monoisotopic (exact) mass is 245 g/mol. The highest BCUT2D eigenvalue weighted by Gasteiger charge is 2.27. The maximum absolute atomic E-state index is 3.64. The summed E-state index contributed by atoms with van der Waals surface area (Å²) in [5.74, 6) is 0.721. The summed E-state index contributed by atoms with van der Waals surface area (Å²) < 4.78 is 0. The van der Waals surface area contributed by atoms with Crippen LogP contribution >= 0.6 is 0 Å². The second-order valence-electron chi connectivity index (χ2n) is 6.57. The van der Waals surface area contributed by atoms with Crippen LogP contribution in [-0.2, 0) is 5.41 Å². The number of hydrogen-bond donors (Lipinski definition) is 1. The molecule has 1 heteroatoms. The predicted molar refractivity (Wildman–Crippen MR) is 79.2 cm³/mol. The van der Waals surface area contributed by atoms with E-state index in [2.05, 4.69) is 57.3 Å². The molecule has 18 heavy (non-hydrogen) atoms. The average Bonchev–Trinajstić information content (AvgIpc) is 2.77. The molecule has 1 fully saturated rings. The van der Waals surface area contributed by atoms with E-state index in [4.69, 9.17) is 0 Å². The van der Waals surface area contributed by atoms with Crippen molar-refractivity contribution in [2.45, 2.75) is 64.3 Å². The molecule has 0 spiro atoms. The Kier molecular flexibility index (Phi) is 4.11. The van der Waals surface area contributed by atoms with E-state index in [9.17, 15) is 0 Å². The van der Waals surface area contributed by atoms with Crippen molar-refractivity contribution in [2.24, 2.45) is 0 Å². The van der Waals surface area contributed by atoms with Gasteiger partial charge in [-0.2, -0.15) is 0 Å². The molecule has 0 amide bonds. The molecule has 0 saturated heterocycles. The minimum absolute atomic E-state index is 0.259. The summed E-state index contributed by atoms with van der Waals surface area (Å²) in [7, 11) is 0. The number of likely N-dealkylation sites (N-methyl/N-ethyl adjacent to an activating group) is 1. The Bertz CT molecular complexity index is 372. The lowest BCUT2D eigenvalue weighted by Gasteiger charge is -2.23. The summed E-state index contributed by atoms with van der Waals surface area (Å²) in [6.45, 7) is 10.1. The number of benzene rings is 1. The van der Waals surface area contributed by atoms with Crippen molar-refractivity contribution in [3.8, 4) is 0 Å². The van der Waals surface area contributed by atoms with Gasteiger partial charge in [0.2, 0.25) is 0 Å². The fraction of sp³-hybridized carbons (Fsp3) is 0.647. The molecular formula is C17H27N. The number of rotatable bonds is 3. The van der Waals surface area contributed by atoms with Crippen molar-refractivity contribution in [1.29, 1.82) is 0 Å². The largest absolute Gasteiger partial charge is 0.314 e. The third-order valence-electron chi connectivity index (χ3n) is 4.19. The Hall–Kier alpha value is -0.820. The zero-order valence-corrected chi connectivity index (χ0v) is 12.3. The molecule has 1 N–H and O–H groups in total. The lowest BCUT2D eigenvalue weighted by molar-refractivity contribution is 0.492. The van der Waals surface area contributed by atoms with Crippen LogP contribution < -0.4 is 5.32 Å². The number of hydrogen-bond acceptors (Lipinski definition) is 1. The van der Waals surface area contributed by atoms with Gasteiger partial charge in [0, 0.05) is 6.04 Å². The van der Waals surface area contributed by atoms with E-state index in [1.807, 2.05) is 0 Å². The minimum Gasteiger partial charge on any atom is -0.314 e. The first-order valence-electron chi connectivity index (χ1n) is 7.36. The first-order chi connectivity index (χ1) is 8.52. The summed E-state index contributed by atoms with van der Waals surface area (Å²) in [6, 6.07) is 10.0. The summed E-state index contributed by atoms with van der Waals surface area (Å²) in [4.78, 5) is 0. The first-order valence-corrected chi connectivity index (χ1v) is 7.36. The molecule has 1 aromatic carbocycles. The van der Waals surface area contributed by atoms with Crippen molar-refractivity contribution in [3.05, 3.63) is 35.4 Å². The topological polar surface area (TPSA) is 12.0 Å². The highest BCUT2D eigenvalue weighted by molar-refractivity contribution is 5.30. The summed E-state index contributed by atoms with van der Waals surface area (Å²) in [5, 5.41) is 3.64. The van der Waals surface area contributed by atoms with E-state index < -0.39 is 0 Å². The van der Waals surface area contributed by atoms with Crippen LogP contribution in [0, 0.1) is 0 Å². The standard InChI is InChI=1S/C17H27N/c1-5-18-16-8-6-7-15(16)13-9-11-14(12-10-13)17(2,3)4/h9-12,15-16,18H,5-8H2,1-4H3. The van der Waals surface area contributed by atoms with Crippen molar-refractivity contribution < 1.29 is 0 Å². The fourth-order valence-electron chi connectivity index (χ4n) is 3.10. The SMILES string of the molecule is CCNC1CCCC1c1ccc(C(C)(C)C)cc1. The molecule has 1 aliphatic rings. The van der Waals surface area contributed by atoms with Gasteiger partial charge < -0.3 is 5.32 Å². The van der Waals surface area contributed by atoms with Gasteiger partial charge in [-0.15, -0.1) is 0 Å². The normalized spacial score (nSPS) is 24.4. The van der Waals surface area contributed by atoms with Gasteiger partial charge in [0.25, 0.3) is 0 Å². The first kappa shape index (κ1) is 13.6. The van der Waals surface area contributed by atoms with Crippen LogP contribution in [0.4, 0.5) is 0 Å². The van der Waals surface area contributed by atoms with E-state index in [0.29, 0.717) is 6.04 Å². The molecule has 1 aromatic rings. The van der Waals surface area contributed by atoms with Gasteiger partial charge in [0.1, 0.15) is 0 Å². The Labute approximate surface area is 112 Å². The van der Waals surface area contributed by atoms with Crippen molar-refractivity contribution in [3.63, 3.8) is 0 Å². The van der Waals surface area contributed by atoms with E-state index in [-0.39, 0.29) is 5.41 Å². The summed E-state index contributed by atoms with van der Waals surface area (Å²) in [6.07, 6.45) is 4.04. The van der Waals surface area contributed by atoms with E-state index in [0.717, 1.165) is 12.5 Å². The van der Waals surface area contributed by atoms with Gasteiger partial charge in [-0.25, -0.2) is 0 Å². The molecule has 1 nitrogen and oxygen atoms in total. The third kappa shape index (κ3) is 2.95. The van der Waals surface area contributed by atoms with Gasteiger partial charge in [0.05, 0.1) is 0 Å². The molecule has 0 aromatic heterocycles. The molecule has 100 valence electrons. The Morgan fingerprint density at radius 2 is 1.78 bits per heavy atom. The molecule has 1 saturated carbocycles. The molecule has 0 heterocycles. The van der Waals surface area contributed by atoms with Crippen LogP contribution in [0.15, 0.2) is 24.3 Å². The third-order valence-corrected chi connectivity index (χ3v) is 4.19. The second kappa shape index (κ2) is 5.44. The van der Waals surface area contributed by atoms with Gasteiger partial charge in [-0.05, 0) is 41.8 Å². The van der Waals surface area contributed by atoms with Crippen LogP contribution in [0.1, 0.15) is 64.0 Å². The molecule has 0 bridgehead atoms. The smallest absolute Gasteiger partial charge is 0.0136 e. The fourth-order valence-corrected chi connectivity index (χ4v) is 3.10. The quantitative estimate of drug-likeness (QED) is 0.840. The molecule has 2 unspecified atom stereocenters. The maximum Gasteiger partial charge on any atom is 0.0136 e. The van der Waals surface area contributed by atoms with Crippen molar-refractivity contribution in [1.82, 2.24) is 5.32 Å². The zero-order chi connectivity index (χ0) is 13.2. The van der Waals surface area contributed by atoms with Crippen LogP contribution in [0.2, 0.25) is 0 Å². The molecular weight excluding hydrogens is 218 g/mol. The molecule has 2 atom stereocenters. The van der Waals surface area contributed by atoms with Gasteiger partial charge in [-0.3, -0.25) is 0 Å². The predicted octanol–water partition coefficient (Wildman–Crippen LogP) is 4.23. The van der Waals surface area contributed by atoms with E-state index >= 15 is 0 Å².